The van der Waals surface area contributed by atoms with Crippen molar-refractivity contribution < 1.29 is 9.59 Å². The Bertz CT molecular complexity index is 997. The second-order valence-corrected chi connectivity index (χ2v) is 9.15. The zero-order chi connectivity index (χ0) is 22.7. The molecule has 1 fully saturated rings. The van der Waals surface area contributed by atoms with Crippen LogP contribution < -0.4 is 15.5 Å². The summed E-state index contributed by atoms with van der Waals surface area (Å²) in [7, 11) is 2.14. The van der Waals surface area contributed by atoms with E-state index in [1.54, 1.807) is 0 Å². The second-order valence-electron chi connectivity index (χ2n) is 9.15. The molecule has 0 aromatic heterocycles. The summed E-state index contributed by atoms with van der Waals surface area (Å²) < 4.78 is 0. The number of likely N-dealkylation sites (tertiary alicyclic amines) is 1. The summed E-state index contributed by atoms with van der Waals surface area (Å²) >= 11 is 0. The summed E-state index contributed by atoms with van der Waals surface area (Å²) in [5.41, 5.74) is 6.63. The normalized spacial score (nSPS) is 17.0. The van der Waals surface area contributed by atoms with Crippen LogP contribution in [-0.4, -0.2) is 49.9 Å². The number of amides is 2. The van der Waals surface area contributed by atoms with Crippen LogP contribution in [0.1, 0.15) is 47.6 Å². The number of hydrogen-bond donors (Lipinski definition) is 2. The Morgan fingerprint density at radius 2 is 1.75 bits per heavy atom. The van der Waals surface area contributed by atoms with Gasteiger partial charge in [-0.05, 0) is 81.4 Å². The van der Waals surface area contributed by atoms with Gasteiger partial charge in [0.05, 0.1) is 6.04 Å². The molecule has 2 heterocycles. The molecular formula is C26H34N4O2. The molecule has 2 aliphatic heterocycles. The molecule has 6 heteroatoms. The molecule has 2 aromatic rings. The SMILES string of the molecule is Cc1ccc(NC(=O)C(=O)NC[C@H](c2ccc3c(c2)CCCN3C)N2CCCC2)c(C)c1. The van der Waals surface area contributed by atoms with Crippen molar-refractivity contribution in [1.29, 1.82) is 0 Å². The first-order valence-corrected chi connectivity index (χ1v) is 11.7. The lowest BCUT2D eigenvalue weighted by molar-refractivity contribution is -0.136. The molecule has 32 heavy (non-hydrogen) atoms. The van der Waals surface area contributed by atoms with E-state index < -0.39 is 11.8 Å². The largest absolute Gasteiger partial charge is 0.374 e. The van der Waals surface area contributed by atoms with Gasteiger partial charge >= 0.3 is 11.8 Å². The van der Waals surface area contributed by atoms with Gasteiger partial charge in [-0.1, -0.05) is 29.8 Å². The molecule has 2 aliphatic rings. The Morgan fingerprint density at radius 3 is 2.50 bits per heavy atom. The topological polar surface area (TPSA) is 64.7 Å². The molecule has 2 N–H and O–H groups in total. The predicted octanol–water partition coefficient (Wildman–Crippen LogP) is 3.58. The number of fused-ring (bicyclic) bond motifs is 1. The summed E-state index contributed by atoms with van der Waals surface area (Å²) in [4.78, 5) is 29.8. The maximum Gasteiger partial charge on any atom is 0.313 e. The van der Waals surface area contributed by atoms with E-state index in [2.05, 4.69) is 45.7 Å². The number of anilines is 2. The first kappa shape index (κ1) is 22.3. The van der Waals surface area contributed by atoms with Crippen molar-refractivity contribution in [3.8, 4) is 0 Å². The van der Waals surface area contributed by atoms with E-state index in [4.69, 9.17) is 0 Å². The number of carbonyl (C=O) groups excluding carboxylic acids is 2. The van der Waals surface area contributed by atoms with Crippen LogP contribution in [-0.2, 0) is 16.0 Å². The van der Waals surface area contributed by atoms with Gasteiger partial charge in [0.25, 0.3) is 0 Å². The van der Waals surface area contributed by atoms with Gasteiger partial charge in [0.1, 0.15) is 0 Å². The minimum absolute atomic E-state index is 0.0768. The highest BCUT2D eigenvalue weighted by Gasteiger charge is 2.26. The molecule has 170 valence electrons. The molecule has 0 saturated carbocycles. The molecule has 1 saturated heterocycles. The van der Waals surface area contributed by atoms with Gasteiger partial charge in [-0.2, -0.15) is 0 Å². The molecule has 0 aliphatic carbocycles. The number of carbonyl (C=O) groups is 2. The molecule has 2 aromatic carbocycles. The van der Waals surface area contributed by atoms with E-state index in [-0.39, 0.29) is 6.04 Å². The number of hydrogen-bond acceptors (Lipinski definition) is 4. The van der Waals surface area contributed by atoms with E-state index in [1.807, 2.05) is 32.0 Å². The fraction of sp³-hybridized carbons (Fsp3) is 0.462. The molecule has 0 radical (unpaired) electrons. The molecule has 0 unspecified atom stereocenters. The monoisotopic (exact) mass is 434 g/mol. The summed E-state index contributed by atoms with van der Waals surface area (Å²) in [6, 6.07) is 12.5. The highest BCUT2D eigenvalue weighted by molar-refractivity contribution is 6.39. The zero-order valence-electron chi connectivity index (χ0n) is 19.4. The quantitative estimate of drug-likeness (QED) is 0.706. The van der Waals surface area contributed by atoms with Gasteiger partial charge in [0.15, 0.2) is 0 Å². The Labute approximate surface area is 191 Å². The van der Waals surface area contributed by atoms with Crippen LogP contribution in [0.15, 0.2) is 36.4 Å². The molecule has 0 spiro atoms. The van der Waals surface area contributed by atoms with Gasteiger partial charge in [0.2, 0.25) is 0 Å². The Balaban J connectivity index is 1.45. The third kappa shape index (κ3) is 4.96. The van der Waals surface area contributed by atoms with Gasteiger partial charge in [0, 0.05) is 31.5 Å². The highest BCUT2D eigenvalue weighted by atomic mass is 16.2. The molecule has 6 nitrogen and oxygen atoms in total. The number of nitrogens with one attached hydrogen (secondary N) is 2. The van der Waals surface area contributed by atoms with Gasteiger partial charge in [-0.3, -0.25) is 14.5 Å². The first-order valence-electron chi connectivity index (χ1n) is 11.7. The van der Waals surface area contributed by atoms with Crippen molar-refractivity contribution in [3.63, 3.8) is 0 Å². The summed E-state index contributed by atoms with van der Waals surface area (Å²) in [5, 5.41) is 5.64. The molecule has 2 amide bonds. The molecule has 0 bridgehead atoms. The highest BCUT2D eigenvalue weighted by Crippen LogP contribution is 2.31. The summed E-state index contributed by atoms with van der Waals surface area (Å²) in [6.07, 6.45) is 4.60. The fourth-order valence-electron chi connectivity index (χ4n) is 4.93. The molecule has 1 atom stereocenters. The van der Waals surface area contributed by atoms with E-state index >= 15 is 0 Å². The Morgan fingerprint density at radius 1 is 0.969 bits per heavy atom. The van der Waals surface area contributed by atoms with Crippen molar-refractivity contribution in [2.45, 2.75) is 45.6 Å². The van der Waals surface area contributed by atoms with Crippen LogP contribution >= 0.6 is 0 Å². The summed E-state index contributed by atoms with van der Waals surface area (Å²) in [6.45, 7) is 7.49. The number of nitrogens with zero attached hydrogens (tertiary/aromatic N) is 2. The van der Waals surface area contributed by atoms with E-state index in [0.717, 1.165) is 43.6 Å². The van der Waals surface area contributed by atoms with Gasteiger partial charge in [-0.15, -0.1) is 0 Å². The first-order chi connectivity index (χ1) is 15.4. The number of aryl methyl sites for hydroxylation is 3. The van der Waals surface area contributed by atoms with Crippen LogP contribution in [0.25, 0.3) is 0 Å². The summed E-state index contributed by atoms with van der Waals surface area (Å²) in [5.74, 6) is -1.21. The Hall–Kier alpha value is -2.86. The minimum atomic E-state index is -0.621. The second kappa shape index (κ2) is 9.74. The maximum atomic E-state index is 12.6. The molecular weight excluding hydrogens is 400 g/mol. The average molecular weight is 435 g/mol. The van der Waals surface area contributed by atoms with E-state index in [0.29, 0.717) is 12.2 Å². The van der Waals surface area contributed by atoms with Crippen LogP contribution in [0, 0.1) is 13.8 Å². The predicted molar refractivity (Wildman–Crippen MR) is 129 cm³/mol. The maximum absolute atomic E-state index is 12.6. The molecule has 4 rings (SSSR count). The lowest BCUT2D eigenvalue weighted by Crippen LogP contribution is -2.41. The van der Waals surface area contributed by atoms with Gasteiger partial charge < -0.3 is 15.5 Å². The average Bonchev–Trinajstić information content (AvgIpc) is 3.30. The zero-order valence-corrected chi connectivity index (χ0v) is 19.4. The number of rotatable bonds is 5. The smallest absolute Gasteiger partial charge is 0.313 e. The van der Waals surface area contributed by atoms with E-state index in [1.165, 1.54) is 29.7 Å². The van der Waals surface area contributed by atoms with Crippen LogP contribution in [0.2, 0.25) is 0 Å². The van der Waals surface area contributed by atoms with Gasteiger partial charge in [-0.25, -0.2) is 0 Å². The number of benzene rings is 2. The Kier molecular flexibility index (Phi) is 6.80. The third-order valence-corrected chi connectivity index (χ3v) is 6.71. The van der Waals surface area contributed by atoms with Crippen molar-refractivity contribution in [3.05, 3.63) is 58.7 Å². The third-order valence-electron chi connectivity index (χ3n) is 6.71. The standard InChI is InChI=1S/C26H34N4O2/c1-18-8-10-22(19(2)15-18)28-26(32)25(31)27-17-24(30-13-4-5-14-30)21-9-11-23-20(16-21)7-6-12-29(23)3/h8-11,15-16,24H,4-7,12-14,17H2,1-3H3,(H,27,31)(H,28,32)/t24-/m1/s1. The van der Waals surface area contributed by atoms with Crippen molar-refractivity contribution in [2.75, 3.05) is 43.4 Å². The van der Waals surface area contributed by atoms with Crippen LogP contribution in [0.3, 0.4) is 0 Å². The van der Waals surface area contributed by atoms with Crippen LogP contribution in [0.4, 0.5) is 11.4 Å². The van der Waals surface area contributed by atoms with Crippen LogP contribution in [0.5, 0.6) is 0 Å². The lowest BCUT2D eigenvalue weighted by Gasteiger charge is -2.31. The van der Waals surface area contributed by atoms with E-state index in [9.17, 15) is 9.59 Å². The van der Waals surface area contributed by atoms with Crippen molar-refractivity contribution in [1.82, 2.24) is 10.2 Å². The fourth-order valence-corrected chi connectivity index (χ4v) is 4.93. The van der Waals surface area contributed by atoms with Crippen molar-refractivity contribution in [2.24, 2.45) is 0 Å². The van der Waals surface area contributed by atoms with Crippen molar-refractivity contribution >= 4 is 23.2 Å². The minimum Gasteiger partial charge on any atom is -0.374 e. The lowest BCUT2D eigenvalue weighted by atomic mass is 9.96.